The van der Waals surface area contributed by atoms with Crippen LogP contribution in [0.3, 0.4) is 0 Å². The second-order valence-electron chi connectivity index (χ2n) is 8.82. The number of phenolic OH excluding ortho intramolecular Hbond substituents is 1. The molecule has 166 valence electrons. The second-order valence-corrected chi connectivity index (χ2v) is 8.82. The number of hydrogen-bond acceptors (Lipinski definition) is 4. The summed E-state index contributed by atoms with van der Waals surface area (Å²) in [4.78, 5) is 26.3. The predicted molar refractivity (Wildman–Crippen MR) is 120 cm³/mol. The fourth-order valence-electron chi connectivity index (χ4n) is 4.39. The van der Waals surface area contributed by atoms with Gasteiger partial charge in [-0.1, -0.05) is 56.3 Å². The number of likely N-dealkylation sites (tertiary alicyclic amines) is 1. The first-order valence-electron chi connectivity index (χ1n) is 10.9. The lowest BCUT2D eigenvalue weighted by molar-refractivity contribution is -0.141. The van der Waals surface area contributed by atoms with Crippen molar-refractivity contribution in [2.24, 2.45) is 5.92 Å². The fraction of sp³-hybridized carbons (Fsp3) is 0.440. The van der Waals surface area contributed by atoms with Gasteiger partial charge in [0, 0.05) is 25.9 Å². The number of benzene rings is 2. The van der Waals surface area contributed by atoms with Crippen molar-refractivity contribution in [3.63, 3.8) is 0 Å². The zero-order chi connectivity index (χ0) is 22.4. The van der Waals surface area contributed by atoms with Crippen molar-refractivity contribution < 1.29 is 19.8 Å². The van der Waals surface area contributed by atoms with Crippen LogP contribution in [0.25, 0.3) is 0 Å². The van der Waals surface area contributed by atoms with E-state index in [4.69, 9.17) is 0 Å². The number of carbonyl (C=O) groups is 2. The van der Waals surface area contributed by atoms with Crippen LogP contribution in [0, 0.1) is 5.92 Å². The number of aromatic hydroxyl groups is 1. The number of amides is 1. The molecule has 6 nitrogen and oxygen atoms in total. The predicted octanol–water partition coefficient (Wildman–Crippen LogP) is 3.19. The summed E-state index contributed by atoms with van der Waals surface area (Å²) < 4.78 is 0. The van der Waals surface area contributed by atoms with E-state index in [1.54, 1.807) is 6.07 Å². The summed E-state index contributed by atoms with van der Waals surface area (Å²) in [7, 11) is 0. The van der Waals surface area contributed by atoms with Crippen LogP contribution in [0.4, 0.5) is 0 Å². The van der Waals surface area contributed by atoms with E-state index < -0.39 is 12.0 Å². The maximum atomic E-state index is 12.4. The van der Waals surface area contributed by atoms with E-state index in [0.29, 0.717) is 12.5 Å². The standard InChI is InChI=1S/C25H32N2O4/c1-18-17-27(14-12-25(18,2)20-9-6-10-21(28)16-20)13-11-23(29)26-22(24(30)31)15-19-7-4-3-5-8-19/h3-10,16,18,22,28H,11-15,17H2,1-2H3,(H,26,29)(H,30,31)/t18-,22-,25+/m0/s1. The van der Waals surface area contributed by atoms with Crippen molar-refractivity contribution in [1.82, 2.24) is 10.2 Å². The van der Waals surface area contributed by atoms with Crippen molar-refractivity contribution in [3.05, 3.63) is 65.7 Å². The summed E-state index contributed by atoms with van der Waals surface area (Å²) in [5.74, 6) is -0.618. The van der Waals surface area contributed by atoms with E-state index in [-0.39, 0.29) is 29.9 Å². The lowest BCUT2D eigenvalue weighted by Gasteiger charge is -2.45. The van der Waals surface area contributed by atoms with Gasteiger partial charge in [0.25, 0.3) is 0 Å². The molecule has 0 unspecified atom stereocenters. The van der Waals surface area contributed by atoms with Crippen molar-refractivity contribution in [1.29, 1.82) is 0 Å². The summed E-state index contributed by atoms with van der Waals surface area (Å²) in [6.07, 6.45) is 1.48. The third kappa shape index (κ3) is 5.85. The highest BCUT2D eigenvalue weighted by atomic mass is 16.4. The SMILES string of the molecule is C[C@H]1CN(CCC(=O)N[C@@H](Cc2ccccc2)C(=O)O)CC[C@@]1(C)c1cccc(O)c1. The van der Waals surface area contributed by atoms with Gasteiger partial charge in [0.2, 0.25) is 5.91 Å². The summed E-state index contributed by atoms with van der Waals surface area (Å²) in [6.45, 7) is 6.75. The number of piperidine rings is 1. The minimum absolute atomic E-state index is 0.0262. The zero-order valence-corrected chi connectivity index (χ0v) is 18.3. The topological polar surface area (TPSA) is 89.9 Å². The molecule has 0 bridgehead atoms. The Morgan fingerprint density at radius 3 is 2.58 bits per heavy atom. The molecule has 0 radical (unpaired) electrons. The second kappa shape index (κ2) is 9.96. The number of nitrogens with zero attached hydrogens (tertiary/aromatic N) is 1. The number of aliphatic carboxylic acids is 1. The Bertz CT molecular complexity index is 901. The average Bonchev–Trinajstić information content (AvgIpc) is 2.75. The van der Waals surface area contributed by atoms with Gasteiger partial charge >= 0.3 is 5.97 Å². The third-order valence-corrected chi connectivity index (χ3v) is 6.64. The van der Waals surface area contributed by atoms with Crippen LogP contribution < -0.4 is 5.32 Å². The smallest absolute Gasteiger partial charge is 0.326 e. The molecule has 1 fully saturated rings. The number of nitrogens with one attached hydrogen (secondary N) is 1. The molecule has 0 aromatic heterocycles. The van der Waals surface area contributed by atoms with Gasteiger partial charge in [0.05, 0.1) is 0 Å². The summed E-state index contributed by atoms with van der Waals surface area (Å²) >= 11 is 0. The van der Waals surface area contributed by atoms with Crippen LogP contribution in [-0.2, 0) is 21.4 Å². The molecule has 1 heterocycles. The third-order valence-electron chi connectivity index (χ3n) is 6.64. The lowest BCUT2D eigenvalue weighted by atomic mass is 9.68. The maximum Gasteiger partial charge on any atom is 0.326 e. The van der Waals surface area contributed by atoms with Crippen molar-refractivity contribution in [2.75, 3.05) is 19.6 Å². The molecule has 0 spiro atoms. The van der Waals surface area contributed by atoms with Gasteiger partial charge in [-0.2, -0.15) is 0 Å². The highest BCUT2D eigenvalue weighted by Gasteiger charge is 2.38. The number of rotatable bonds is 8. The maximum absolute atomic E-state index is 12.4. The Hall–Kier alpha value is -2.86. The molecule has 1 aliphatic rings. The molecule has 3 N–H and O–H groups in total. The molecule has 0 aliphatic carbocycles. The zero-order valence-electron chi connectivity index (χ0n) is 18.3. The van der Waals surface area contributed by atoms with E-state index in [9.17, 15) is 19.8 Å². The van der Waals surface area contributed by atoms with Gasteiger partial charge in [-0.15, -0.1) is 0 Å². The van der Waals surface area contributed by atoms with Crippen LogP contribution >= 0.6 is 0 Å². The Balaban J connectivity index is 1.51. The van der Waals surface area contributed by atoms with Crippen molar-refractivity contribution >= 4 is 11.9 Å². The van der Waals surface area contributed by atoms with E-state index in [2.05, 4.69) is 30.1 Å². The van der Waals surface area contributed by atoms with E-state index >= 15 is 0 Å². The van der Waals surface area contributed by atoms with Crippen molar-refractivity contribution in [2.45, 2.75) is 44.6 Å². The van der Waals surface area contributed by atoms with Crippen molar-refractivity contribution in [3.8, 4) is 5.75 Å². The van der Waals surface area contributed by atoms with Crippen LogP contribution in [-0.4, -0.2) is 52.7 Å². The summed E-state index contributed by atoms with van der Waals surface area (Å²) in [5.41, 5.74) is 2.00. The van der Waals surface area contributed by atoms with Gasteiger partial charge in [-0.25, -0.2) is 4.79 Å². The number of carboxylic acid groups (broad SMARTS) is 1. The molecule has 2 aromatic rings. The van der Waals surface area contributed by atoms with Gasteiger partial charge in [0.1, 0.15) is 11.8 Å². The molecule has 6 heteroatoms. The quantitative estimate of drug-likeness (QED) is 0.606. The van der Waals surface area contributed by atoms with Crippen LogP contribution in [0.1, 0.15) is 37.8 Å². The lowest BCUT2D eigenvalue weighted by Crippen LogP contribution is -2.48. The first-order chi connectivity index (χ1) is 14.8. The molecule has 0 saturated carbocycles. The average molecular weight is 425 g/mol. The van der Waals surface area contributed by atoms with E-state index in [1.165, 1.54) is 0 Å². The molecule has 31 heavy (non-hydrogen) atoms. The number of carboxylic acids is 1. The Morgan fingerprint density at radius 1 is 1.19 bits per heavy atom. The first kappa shape index (κ1) is 22.8. The largest absolute Gasteiger partial charge is 0.508 e. The minimum Gasteiger partial charge on any atom is -0.508 e. The summed E-state index contributed by atoms with van der Waals surface area (Å²) in [5, 5.41) is 22.0. The molecular formula is C25H32N2O4. The molecule has 1 amide bonds. The Kier molecular flexibility index (Phi) is 7.33. The molecular weight excluding hydrogens is 392 g/mol. The molecule has 2 aromatic carbocycles. The molecule has 1 saturated heterocycles. The Labute approximate surface area is 183 Å². The van der Waals surface area contributed by atoms with Gasteiger partial charge in [-0.3, -0.25) is 4.79 Å². The normalized spacial score (nSPS) is 22.6. The van der Waals surface area contributed by atoms with Gasteiger partial charge < -0.3 is 20.4 Å². The molecule has 3 rings (SSSR count). The number of phenols is 1. The summed E-state index contributed by atoms with van der Waals surface area (Å²) in [6, 6.07) is 15.9. The molecule has 1 aliphatic heterocycles. The van der Waals surface area contributed by atoms with E-state index in [0.717, 1.165) is 30.6 Å². The minimum atomic E-state index is -1.02. The van der Waals surface area contributed by atoms with Gasteiger partial charge in [0.15, 0.2) is 0 Å². The Morgan fingerprint density at radius 2 is 1.94 bits per heavy atom. The first-order valence-corrected chi connectivity index (χ1v) is 10.9. The van der Waals surface area contributed by atoms with Crippen LogP contribution in [0.5, 0.6) is 5.75 Å². The van der Waals surface area contributed by atoms with Gasteiger partial charge in [-0.05, 0) is 47.6 Å². The highest BCUT2D eigenvalue weighted by Crippen LogP contribution is 2.40. The highest BCUT2D eigenvalue weighted by molar-refractivity contribution is 5.83. The number of carbonyl (C=O) groups excluding carboxylic acids is 1. The van der Waals surface area contributed by atoms with Crippen LogP contribution in [0.2, 0.25) is 0 Å². The number of hydrogen-bond donors (Lipinski definition) is 3. The molecule has 3 atom stereocenters. The monoisotopic (exact) mass is 424 g/mol. The van der Waals surface area contributed by atoms with E-state index in [1.807, 2.05) is 42.5 Å². The van der Waals surface area contributed by atoms with Crippen LogP contribution in [0.15, 0.2) is 54.6 Å². The fourth-order valence-corrected chi connectivity index (χ4v) is 4.39.